The smallest absolute Gasteiger partial charge is 0.329 e. The number of nitrogens with one attached hydrogen (secondary N) is 1. The van der Waals surface area contributed by atoms with Crippen LogP contribution < -0.4 is 10.2 Å². The number of likely N-dealkylation sites (N-methyl/N-ethyl adjacent to an activating group) is 2. The zero-order chi connectivity index (χ0) is 14.6. The van der Waals surface area contributed by atoms with Gasteiger partial charge in [-0.05, 0) is 0 Å². The summed E-state index contributed by atoms with van der Waals surface area (Å²) in [6.45, 7) is -0.00594. The lowest BCUT2D eigenvalue weighted by molar-refractivity contribution is -0.384. The van der Waals surface area contributed by atoms with Crippen LogP contribution in [0.1, 0.15) is 0 Å². The van der Waals surface area contributed by atoms with Crippen molar-refractivity contribution in [3.8, 4) is 0 Å². The van der Waals surface area contributed by atoms with E-state index in [1.807, 2.05) is 0 Å². The number of hydrogen-bond donors (Lipinski definition) is 1. The van der Waals surface area contributed by atoms with E-state index in [-0.39, 0.29) is 29.9 Å². The largest absolute Gasteiger partial charge is 0.357 e. The first kappa shape index (κ1) is 14.6. The maximum Gasteiger partial charge on any atom is 0.329 e. The predicted molar refractivity (Wildman–Crippen MR) is 70.2 cm³/mol. The van der Waals surface area contributed by atoms with Gasteiger partial charge >= 0.3 is 5.69 Å². The molecule has 0 aliphatic heterocycles. The van der Waals surface area contributed by atoms with Crippen LogP contribution in [-0.2, 0) is 4.79 Å². The lowest BCUT2D eigenvalue weighted by Crippen LogP contribution is -2.35. The highest BCUT2D eigenvalue weighted by Crippen LogP contribution is 2.24. The van der Waals surface area contributed by atoms with Gasteiger partial charge < -0.3 is 15.1 Å². The molecule has 0 bridgehead atoms. The molecule has 0 aliphatic carbocycles. The quantitative estimate of drug-likeness (QED) is 0.589. The number of carbonyl (C=O) groups is 1. The number of nitrogens with zero attached hydrogens (tertiary/aromatic N) is 5. The number of hydrogen-bond acceptors (Lipinski definition) is 7. The van der Waals surface area contributed by atoms with E-state index in [4.69, 9.17) is 0 Å². The Morgan fingerprint density at radius 1 is 1.47 bits per heavy atom. The lowest BCUT2D eigenvalue weighted by atomic mass is 10.4. The Hall–Kier alpha value is -2.45. The van der Waals surface area contributed by atoms with Crippen molar-refractivity contribution in [1.29, 1.82) is 0 Å². The maximum atomic E-state index is 11.6. The Morgan fingerprint density at radius 3 is 2.58 bits per heavy atom. The fourth-order valence-corrected chi connectivity index (χ4v) is 1.32. The van der Waals surface area contributed by atoms with Crippen molar-refractivity contribution in [1.82, 2.24) is 14.9 Å². The monoisotopic (exact) mass is 268 g/mol. The molecule has 1 heterocycles. The Kier molecular flexibility index (Phi) is 4.56. The van der Waals surface area contributed by atoms with E-state index in [0.29, 0.717) is 0 Å². The average Bonchev–Trinajstić information content (AvgIpc) is 2.37. The SMILES string of the molecule is CNc1ncc([N+](=O)[O-])c(N(C)CC(=O)N(C)C)n1. The number of aromatic nitrogens is 2. The molecule has 1 N–H and O–H groups in total. The van der Waals surface area contributed by atoms with Crippen LogP contribution in [0.5, 0.6) is 0 Å². The van der Waals surface area contributed by atoms with Crippen LogP contribution in [0.4, 0.5) is 17.5 Å². The van der Waals surface area contributed by atoms with Crippen LogP contribution in [0.2, 0.25) is 0 Å². The first-order chi connectivity index (χ1) is 8.86. The topological polar surface area (TPSA) is 104 Å². The molecule has 1 amide bonds. The van der Waals surface area contributed by atoms with E-state index in [2.05, 4.69) is 15.3 Å². The molecule has 9 nitrogen and oxygen atoms in total. The van der Waals surface area contributed by atoms with Crippen LogP contribution in [0.25, 0.3) is 0 Å². The second-order valence-corrected chi connectivity index (χ2v) is 4.05. The van der Waals surface area contributed by atoms with Crippen molar-refractivity contribution in [3.63, 3.8) is 0 Å². The maximum absolute atomic E-state index is 11.6. The number of amides is 1. The molecular weight excluding hydrogens is 252 g/mol. The van der Waals surface area contributed by atoms with Gasteiger partial charge in [0.1, 0.15) is 6.20 Å². The number of anilines is 2. The molecule has 0 aromatic carbocycles. The van der Waals surface area contributed by atoms with Gasteiger partial charge in [-0.1, -0.05) is 0 Å². The van der Waals surface area contributed by atoms with Gasteiger partial charge in [-0.25, -0.2) is 4.98 Å². The summed E-state index contributed by atoms with van der Waals surface area (Å²) in [5, 5.41) is 13.6. The summed E-state index contributed by atoms with van der Waals surface area (Å²) in [5.74, 6) is 0.172. The predicted octanol–water partition coefficient (Wildman–Crippen LogP) is -0.0491. The third-order valence-corrected chi connectivity index (χ3v) is 2.40. The Bertz CT molecular complexity index is 490. The second kappa shape index (κ2) is 5.94. The zero-order valence-corrected chi connectivity index (χ0v) is 11.2. The second-order valence-electron chi connectivity index (χ2n) is 4.05. The highest BCUT2D eigenvalue weighted by molar-refractivity contribution is 5.81. The summed E-state index contributed by atoms with van der Waals surface area (Å²) >= 11 is 0. The molecule has 0 atom stereocenters. The van der Waals surface area contributed by atoms with Crippen molar-refractivity contribution in [3.05, 3.63) is 16.3 Å². The van der Waals surface area contributed by atoms with E-state index in [0.717, 1.165) is 6.20 Å². The molecule has 1 rings (SSSR count). The van der Waals surface area contributed by atoms with Crippen LogP contribution in [-0.4, -0.2) is 60.4 Å². The highest BCUT2D eigenvalue weighted by atomic mass is 16.6. The van der Waals surface area contributed by atoms with Gasteiger partial charge in [-0.2, -0.15) is 4.98 Å². The Labute approximate surface area is 110 Å². The van der Waals surface area contributed by atoms with Gasteiger partial charge in [0.25, 0.3) is 0 Å². The Balaban J connectivity index is 3.08. The molecule has 0 aliphatic rings. The molecule has 0 spiro atoms. The van der Waals surface area contributed by atoms with Gasteiger partial charge in [0.05, 0.1) is 11.5 Å². The summed E-state index contributed by atoms with van der Waals surface area (Å²) in [4.78, 5) is 32.6. The van der Waals surface area contributed by atoms with Crippen molar-refractivity contribution in [2.75, 3.05) is 45.0 Å². The molecule has 1 aromatic rings. The summed E-state index contributed by atoms with van der Waals surface area (Å²) < 4.78 is 0. The van der Waals surface area contributed by atoms with Gasteiger partial charge in [-0.15, -0.1) is 0 Å². The molecule has 0 saturated carbocycles. The van der Waals surface area contributed by atoms with Crippen molar-refractivity contribution >= 4 is 23.4 Å². The number of rotatable bonds is 5. The summed E-state index contributed by atoms with van der Waals surface area (Å²) in [5.41, 5.74) is -0.243. The molecule has 104 valence electrons. The minimum atomic E-state index is -0.578. The normalized spacial score (nSPS) is 9.89. The fourth-order valence-electron chi connectivity index (χ4n) is 1.32. The fraction of sp³-hybridized carbons (Fsp3) is 0.500. The molecule has 0 fully saturated rings. The summed E-state index contributed by atoms with van der Waals surface area (Å²) in [6, 6.07) is 0. The van der Waals surface area contributed by atoms with E-state index in [1.165, 1.54) is 9.80 Å². The van der Waals surface area contributed by atoms with Crippen LogP contribution in [0.3, 0.4) is 0 Å². The minimum absolute atomic E-state index is 0.00594. The molecular formula is C10H16N6O3. The van der Waals surface area contributed by atoms with E-state index >= 15 is 0 Å². The van der Waals surface area contributed by atoms with Gasteiger partial charge in [0.2, 0.25) is 17.7 Å². The summed E-state index contributed by atoms with van der Waals surface area (Å²) in [6.07, 6.45) is 1.12. The third-order valence-electron chi connectivity index (χ3n) is 2.40. The van der Waals surface area contributed by atoms with Crippen molar-refractivity contribution in [2.24, 2.45) is 0 Å². The lowest BCUT2D eigenvalue weighted by Gasteiger charge is -2.19. The van der Waals surface area contributed by atoms with Crippen LogP contribution in [0.15, 0.2) is 6.20 Å². The standard InChI is InChI=1S/C10H16N6O3/c1-11-10-12-5-7(16(18)19)9(13-10)15(4)6-8(17)14(2)3/h5H,6H2,1-4H3,(H,11,12,13). The van der Waals surface area contributed by atoms with Gasteiger partial charge in [0.15, 0.2) is 0 Å². The molecule has 1 aromatic heterocycles. The first-order valence-corrected chi connectivity index (χ1v) is 5.47. The zero-order valence-electron chi connectivity index (χ0n) is 11.2. The molecule has 19 heavy (non-hydrogen) atoms. The summed E-state index contributed by atoms with van der Waals surface area (Å²) in [7, 11) is 6.40. The first-order valence-electron chi connectivity index (χ1n) is 5.47. The van der Waals surface area contributed by atoms with E-state index < -0.39 is 4.92 Å². The van der Waals surface area contributed by atoms with E-state index in [1.54, 1.807) is 28.2 Å². The van der Waals surface area contributed by atoms with E-state index in [9.17, 15) is 14.9 Å². The highest BCUT2D eigenvalue weighted by Gasteiger charge is 2.22. The van der Waals surface area contributed by atoms with Crippen LogP contribution >= 0.6 is 0 Å². The van der Waals surface area contributed by atoms with Gasteiger partial charge in [0, 0.05) is 28.2 Å². The average molecular weight is 268 g/mol. The van der Waals surface area contributed by atoms with Crippen molar-refractivity contribution < 1.29 is 9.72 Å². The third kappa shape index (κ3) is 3.50. The van der Waals surface area contributed by atoms with Crippen molar-refractivity contribution in [2.45, 2.75) is 0 Å². The van der Waals surface area contributed by atoms with Crippen LogP contribution in [0, 0.1) is 10.1 Å². The molecule has 0 saturated heterocycles. The number of carbonyl (C=O) groups excluding carboxylic acids is 1. The van der Waals surface area contributed by atoms with Gasteiger partial charge in [-0.3, -0.25) is 14.9 Å². The minimum Gasteiger partial charge on any atom is -0.357 e. The molecule has 0 radical (unpaired) electrons. The molecule has 9 heteroatoms. The number of nitro groups is 1. The Morgan fingerprint density at radius 2 is 2.11 bits per heavy atom. The molecule has 0 unspecified atom stereocenters.